The summed E-state index contributed by atoms with van der Waals surface area (Å²) in [5, 5.41) is 9.55. The molecular formula is C15H24O3. The van der Waals surface area contributed by atoms with Gasteiger partial charge >= 0.3 is 0 Å². The fourth-order valence-electron chi connectivity index (χ4n) is 2.02. The molecule has 1 N–H and O–H groups in total. The Kier molecular flexibility index (Phi) is 4.51. The minimum atomic E-state index is -0.957. The van der Waals surface area contributed by atoms with Gasteiger partial charge in [0.2, 0.25) is 0 Å². The number of hydrogen-bond acceptors (Lipinski definition) is 3. The number of hydrogen-bond donors (Lipinski definition) is 1. The van der Waals surface area contributed by atoms with Crippen LogP contribution in [0.25, 0.3) is 0 Å². The van der Waals surface area contributed by atoms with E-state index in [4.69, 9.17) is 4.74 Å². The molecule has 0 aromatic rings. The van der Waals surface area contributed by atoms with Crippen LogP contribution in [-0.4, -0.2) is 28.2 Å². The van der Waals surface area contributed by atoms with E-state index in [0.717, 1.165) is 12.8 Å². The number of rotatable bonds is 5. The molecule has 0 saturated carbocycles. The highest BCUT2D eigenvalue weighted by Gasteiger charge is 2.37. The first-order valence-electron chi connectivity index (χ1n) is 6.44. The molecule has 1 heterocycles. The van der Waals surface area contributed by atoms with Crippen molar-refractivity contribution < 1.29 is 14.6 Å². The third-order valence-corrected chi connectivity index (χ3v) is 3.44. The van der Waals surface area contributed by atoms with E-state index in [1.54, 1.807) is 19.9 Å². The lowest BCUT2D eigenvalue weighted by atomic mass is 9.94. The van der Waals surface area contributed by atoms with Gasteiger partial charge in [0.1, 0.15) is 0 Å². The molecule has 0 unspecified atom stereocenters. The first kappa shape index (κ1) is 15.1. The van der Waals surface area contributed by atoms with E-state index in [9.17, 15) is 9.90 Å². The topological polar surface area (TPSA) is 46.5 Å². The Morgan fingerprint density at radius 2 is 2.22 bits per heavy atom. The van der Waals surface area contributed by atoms with Crippen LogP contribution >= 0.6 is 0 Å². The van der Waals surface area contributed by atoms with Crippen molar-refractivity contribution in [3.63, 3.8) is 0 Å². The Balaban J connectivity index is 2.61. The van der Waals surface area contributed by atoms with Gasteiger partial charge in [0.15, 0.2) is 5.78 Å². The molecule has 0 spiro atoms. The van der Waals surface area contributed by atoms with Gasteiger partial charge in [-0.15, -0.1) is 6.58 Å². The van der Waals surface area contributed by atoms with E-state index >= 15 is 0 Å². The van der Waals surface area contributed by atoms with Gasteiger partial charge in [-0.1, -0.05) is 19.1 Å². The molecule has 3 nitrogen and oxygen atoms in total. The van der Waals surface area contributed by atoms with E-state index in [-0.39, 0.29) is 23.4 Å². The Bertz CT molecular complexity index is 351. The SMILES string of the molecule is C=C[C@@]1(C)CC[C@@H]([C@@H](C)C(=O)/C=C/C(C)(C)O)O1. The predicted molar refractivity (Wildman–Crippen MR) is 72.3 cm³/mol. The summed E-state index contributed by atoms with van der Waals surface area (Å²) in [5.74, 6) is -0.194. The molecule has 18 heavy (non-hydrogen) atoms. The Labute approximate surface area is 110 Å². The number of carbonyl (C=O) groups excluding carboxylic acids is 1. The molecule has 3 heteroatoms. The summed E-state index contributed by atoms with van der Waals surface area (Å²) in [6.07, 6.45) is 6.48. The minimum absolute atomic E-state index is 0.00422. The van der Waals surface area contributed by atoms with Crippen LogP contribution in [0.3, 0.4) is 0 Å². The zero-order valence-corrected chi connectivity index (χ0v) is 11.8. The van der Waals surface area contributed by atoms with Gasteiger partial charge in [-0.3, -0.25) is 4.79 Å². The summed E-state index contributed by atoms with van der Waals surface area (Å²) >= 11 is 0. The van der Waals surface area contributed by atoms with Gasteiger partial charge in [0, 0.05) is 5.92 Å². The maximum Gasteiger partial charge on any atom is 0.160 e. The maximum absolute atomic E-state index is 12.0. The molecule has 3 atom stereocenters. The molecule has 0 aliphatic carbocycles. The molecule has 0 aromatic carbocycles. The van der Waals surface area contributed by atoms with Crippen molar-refractivity contribution in [2.45, 2.75) is 57.8 Å². The van der Waals surface area contributed by atoms with Crippen LogP contribution in [0.15, 0.2) is 24.8 Å². The van der Waals surface area contributed by atoms with Crippen LogP contribution in [0.4, 0.5) is 0 Å². The first-order chi connectivity index (χ1) is 8.17. The number of ether oxygens (including phenoxy) is 1. The van der Waals surface area contributed by atoms with Gasteiger partial charge < -0.3 is 9.84 Å². The van der Waals surface area contributed by atoms with Crippen LogP contribution in [0.5, 0.6) is 0 Å². The van der Waals surface area contributed by atoms with Crippen molar-refractivity contribution in [2.24, 2.45) is 5.92 Å². The van der Waals surface area contributed by atoms with Crippen LogP contribution in [0.2, 0.25) is 0 Å². The van der Waals surface area contributed by atoms with Gasteiger partial charge in [-0.25, -0.2) is 0 Å². The normalized spacial score (nSPS) is 30.6. The second kappa shape index (κ2) is 5.37. The van der Waals surface area contributed by atoms with E-state index in [1.165, 1.54) is 12.2 Å². The second-order valence-electron chi connectivity index (χ2n) is 5.89. The molecular weight excluding hydrogens is 228 g/mol. The van der Waals surface area contributed by atoms with Crippen molar-refractivity contribution in [3.8, 4) is 0 Å². The molecule has 0 radical (unpaired) electrons. The highest BCUT2D eigenvalue weighted by Crippen LogP contribution is 2.34. The van der Waals surface area contributed by atoms with Gasteiger partial charge in [0.25, 0.3) is 0 Å². The largest absolute Gasteiger partial charge is 0.386 e. The number of allylic oxidation sites excluding steroid dienone is 1. The molecule has 1 rings (SSSR count). The smallest absolute Gasteiger partial charge is 0.160 e. The Hall–Kier alpha value is -0.930. The van der Waals surface area contributed by atoms with Gasteiger partial charge in [0.05, 0.1) is 17.3 Å². The van der Waals surface area contributed by atoms with Crippen LogP contribution < -0.4 is 0 Å². The number of aliphatic hydroxyl groups is 1. The first-order valence-corrected chi connectivity index (χ1v) is 6.44. The van der Waals surface area contributed by atoms with Crippen LogP contribution in [0, 0.1) is 5.92 Å². The summed E-state index contributed by atoms with van der Waals surface area (Å²) in [5.41, 5.74) is -1.26. The van der Waals surface area contributed by atoms with Crippen molar-refractivity contribution in [3.05, 3.63) is 24.8 Å². The van der Waals surface area contributed by atoms with Crippen LogP contribution in [0.1, 0.15) is 40.5 Å². The summed E-state index contributed by atoms with van der Waals surface area (Å²) < 4.78 is 5.88. The van der Waals surface area contributed by atoms with Crippen molar-refractivity contribution in [1.29, 1.82) is 0 Å². The van der Waals surface area contributed by atoms with E-state index in [2.05, 4.69) is 6.58 Å². The predicted octanol–water partition coefficient (Wildman–Crippen LogP) is 2.64. The lowest BCUT2D eigenvalue weighted by Gasteiger charge is -2.23. The van der Waals surface area contributed by atoms with Gasteiger partial charge in [-0.05, 0) is 39.7 Å². The monoisotopic (exact) mass is 252 g/mol. The zero-order valence-electron chi connectivity index (χ0n) is 11.8. The van der Waals surface area contributed by atoms with Gasteiger partial charge in [-0.2, -0.15) is 0 Å². The highest BCUT2D eigenvalue weighted by molar-refractivity contribution is 5.92. The minimum Gasteiger partial charge on any atom is -0.386 e. The van der Waals surface area contributed by atoms with Crippen molar-refractivity contribution in [1.82, 2.24) is 0 Å². The fourth-order valence-corrected chi connectivity index (χ4v) is 2.02. The number of carbonyl (C=O) groups is 1. The summed E-state index contributed by atoms with van der Waals surface area (Å²) in [6.45, 7) is 10.9. The molecule has 0 aromatic heterocycles. The summed E-state index contributed by atoms with van der Waals surface area (Å²) in [6, 6.07) is 0. The average Bonchev–Trinajstić information content (AvgIpc) is 2.67. The highest BCUT2D eigenvalue weighted by atomic mass is 16.5. The standard InChI is InChI=1S/C15H24O3/c1-6-15(5)10-8-13(18-15)11(2)12(16)7-9-14(3,4)17/h6-7,9,11,13,17H,1,8,10H2,2-5H3/b9-7+/t11-,13-,15-/m0/s1. The Morgan fingerprint density at radius 3 is 2.67 bits per heavy atom. The van der Waals surface area contributed by atoms with E-state index in [1.807, 2.05) is 13.8 Å². The molecule has 1 fully saturated rings. The number of ketones is 1. The third-order valence-electron chi connectivity index (χ3n) is 3.44. The van der Waals surface area contributed by atoms with Crippen molar-refractivity contribution >= 4 is 5.78 Å². The molecule has 1 saturated heterocycles. The van der Waals surface area contributed by atoms with Crippen molar-refractivity contribution in [2.75, 3.05) is 0 Å². The third kappa shape index (κ3) is 4.07. The summed E-state index contributed by atoms with van der Waals surface area (Å²) in [4.78, 5) is 12.0. The van der Waals surface area contributed by atoms with E-state index < -0.39 is 5.60 Å². The molecule has 102 valence electrons. The second-order valence-corrected chi connectivity index (χ2v) is 5.89. The lowest BCUT2D eigenvalue weighted by Crippen LogP contribution is -2.29. The zero-order chi connectivity index (χ0) is 14.0. The molecule has 0 bridgehead atoms. The average molecular weight is 252 g/mol. The maximum atomic E-state index is 12.0. The fraction of sp³-hybridized carbons (Fsp3) is 0.667. The van der Waals surface area contributed by atoms with Crippen LogP contribution in [-0.2, 0) is 9.53 Å². The lowest BCUT2D eigenvalue weighted by molar-refractivity contribution is -0.123. The quantitative estimate of drug-likeness (QED) is 0.604. The Morgan fingerprint density at radius 1 is 1.61 bits per heavy atom. The molecule has 1 aliphatic heterocycles. The van der Waals surface area contributed by atoms with E-state index in [0.29, 0.717) is 0 Å². The molecule has 0 amide bonds. The molecule has 1 aliphatic rings. The summed E-state index contributed by atoms with van der Waals surface area (Å²) in [7, 11) is 0.